The Kier molecular flexibility index (Phi) is 3.60. The Morgan fingerprint density at radius 1 is 0.963 bits per heavy atom. The van der Waals surface area contributed by atoms with E-state index < -0.39 is 0 Å². The van der Waals surface area contributed by atoms with Gasteiger partial charge in [0.25, 0.3) is 5.78 Å². The summed E-state index contributed by atoms with van der Waals surface area (Å²) >= 11 is 0. The highest BCUT2D eigenvalue weighted by atomic mass is 16.1. The summed E-state index contributed by atoms with van der Waals surface area (Å²) in [4.78, 5) is 22.0. The van der Waals surface area contributed by atoms with Crippen molar-refractivity contribution < 1.29 is 4.79 Å². The minimum atomic E-state index is 0.117. The van der Waals surface area contributed by atoms with E-state index in [9.17, 15) is 4.79 Å². The zero-order chi connectivity index (χ0) is 18.4. The predicted octanol–water partition coefficient (Wildman–Crippen LogP) is 4.01. The van der Waals surface area contributed by atoms with Crippen LogP contribution in [0.15, 0.2) is 60.8 Å². The Labute approximate surface area is 156 Å². The molecule has 132 valence electrons. The standard InChI is InChI=1S/C22H18N4O/c1-14-7-9-16(10-8-14)21-24-22-23-19-11-17(15-5-3-2-4-6-15)12-20(27)18(19)13-26(22)25-21/h2-10,13,17H,11-12H2,1H3/t17-/m0/s1. The summed E-state index contributed by atoms with van der Waals surface area (Å²) in [7, 11) is 0. The number of benzene rings is 2. The van der Waals surface area contributed by atoms with Gasteiger partial charge in [0.1, 0.15) is 0 Å². The molecule has 0 amide bonds. The smallest absolute Gasteiger partial charge is 0.252 e. The maximum atomic E-state index is 12.7. The van der Waals surface area contributed by atoms with Gasteiger partial charge in [-0.1, -0.05) is 60.2 Å². The predicted molar refractivity (Wildman–Crippen MR) is 103 cm³/mol. The van der Waals surface area contributed by atoms with Crippen molar-refractivity contribution in [1.29, 1.82) is 0 Å². The molecule has 0 spiro atoms. The molecule has 0 aliphatic heterocycles. The fourth-order valence-electron chi connectivity index (χ4n) is 3.67. The molecule has 2 heterocycles. The van der Waals surface area contributed by atoms with E-state index in [1.807, 2.05) is 49.4 Å². The van der Waals surface area contributed by atoms with Gasteiger partial charge in [-0.25, -0.2) is 9.50 Å². The van der Waals surface area contributed by atoms with Crippen molar-refractivity contribution in [3.05, 3.63) is 83.2 Å². The Morgan fingerprint density at radius 2 is 1.74 bits per heavy atom. The summed E-state index contributed by atoms with van der Waals surface area (Å²) in [6.07, 6.45) is 3.03. The molecule has 0 bridgehead atoms. The van der Waals surface area contributed by atoms with Crippen molar-refractivity contribution in [2.24, 2.45) is 0 Å². The maximum absolute atomic E-state index is 12.7. The number of aromatic nitrogens is 4. The molecule has 1 atom stereocenters. The average molecular weight is 354 g/mol. The zero-order valence-electron chi connectivity index (χ0n) is 15.0. The Morgan fingerprint density at radius 3 is 2.52 bits per heavy atom. The molecule has 0 unspecified atom stereocenters. The van der Waals surface area contributed by atoms with Gasteiger partial charge in [0.05, 0.1) is 11.3 Å². The van der Waals surface area contributed by atoms with Gasteiger partial charge < -0.3 is 0 Å². The van der Waals surface area contributed by atoms with E-state index in [0.717, 1.165) is 17.7 Å². The van der Waals surface area contributed by atoms with Crippen LogP contribution in [0.25, 0.3) is 17.2 Å². The number of carbonyl (C=O) groups excluding carboxylic acids is 1. The number of hydrogen-bond donors (Lipinski definition) is 0. The van der Waals surface area contributed by atoms with Gasteiger partial charge in [0.2, 0.25) is 0 Å². The second-order valence-electron chi connectivity index (χ2n) is 7.09. The molecule has 0 radical (unpaired) electrons. The number of hydrogen-bond acceptors (Lipinski definition) is 4. The van der Waals surface area contributed by atoms with Gasteiger partial charge in [-0.05, 0) is 24.8 Å². The van der Waals surface area contributed by atoms with Gasteiger partial charge >= 0.3 is 0 Å². The SMILES string of the molecule is Cc1ccc(-c2nc3nc4c(cn3n2)C(=O)C[C@@H](c2ccccc2)C4)cc1. The normalized spacial score (nSPS) is 16.5. The summed E-state index contributed by atoms with van der Waals surface area (Å²) < 4.78 is 1.62. The van der Waals surface area contributed by atoms with Gasteiger partial charge in [-0.3, -0.25) is 4.79 Å². The molecule has 27 heavy (non-hydrogen) atoms. The number of aryl methyl sites for hydroxylation is 1. The number of fused-ring (bicyclic) bond motifs is 2. The van der Waals surface area contributed by atoms with Crippen LogP contribution in [0.2, 0.25) is 0 Å². The largest absolute Gasteiger partial charge is 0.294 e. The third-order valence-electron chi connectivity index (χ3n) is 5.16. The summed E-state index contributed by atoms with van der Waals surface area (Å²) in [6.45, 7) is 2.05. The van der Waals surface area contributed by atoms with Crippen LogP contribution in [0.1, 0.15) is 39.5 Å². The summed E-state index contributed by atoms with van der Waals surface area (Å²) in [5.41, 5.74) is 4.79. The molecule has 1 aliphatic carbocycles. The number of ketones is 1. The summed E-state index contributed by atoms with van der Waals surface area (Å²) in [5.74, 6) is 1.44. The minimum Gasteiger partial charge on any atom is -0.294 e. The Hall–Kier alpha value is -3.34. The van der Waals surface area contributed by atoms with Crippen LogP contribution in [0.5, 0.6) is 0 Å². The molecule has 2 aromatic carbocycles. The van der Waals surface area contributed by atoms with Crippen molar-refractivity contribution in [3.8, 4) is 11.4 Å². The highest BCUT2D eigenvalue weighted by Crippen LogP contribution is 2.32. The quantitative estimate of drug-likeness (QED) is 0.546. The second kappa shape index (κ2) is 6.13. The maximum Gasteiger partial charge on any atom is 0.252 e. The van der Waals surface area contributed by atoms with Crippen LogP contribution >= 0.6 is 0 Å². The van der Waals surface area contributed by atoms with Crippen LogP contribution < -0.4 is 0 Å². The van der Waals surface area contributed by atoms with Gasteiger partial charge in [0, 0.05) is 18.2 Å². The van der Waals surface area contributed by atoms with E-state index in [1.54, 1.807) is 10.7 Å². The molecule has 0 fully saturated rings. The van der Waals surface area contributed by atoms with E-state index in [4.69, 9.17) is 0 Å². The highest BCUT2D eigenvalue weighted by Gasteiger charge is 2.28. The first-order chi connectivity index (χ1) is 13.2. The van der Waals surface area contributed by atoms with E-state index in [2.05, 4.69) is 27.2 Å². The summed E-state index contributed by atoms with van der Waals surface area (Å²) in [5, 5.41) is 4.52. The van der Waals surface area contributed by atoms with Crippen molar-refractivity contribution in [3.63, 3.8) is 0 Å². The van der Waals surface area contributed by atoms with E-state index in [-0.39, 0.29) is 11.7 Å². The lowest BCUT2D eigenvalue weighted by Gasteiger charge is -2.22. The molecule has 5 nitrogen and oxygen atoms in total. The third-order valence-corrected chi connectivity index (χ3v) is 5.16. The van der Waals surface area contributed by atoms with Crippen molar-refractivity contribution in [2.45, 2.75) is 25.7 Å². The highest BCUT2D eigenvalue weighted by molar-refractivity contribution is 5.98. The molecule has 2 aromatic heterocycles. The van der Waals surface area contributed by atoms with Gasteiger partial charge in [-0.2, -0.15) is 4.98 Å². The zero-order valence-corrected chi connectivity index (χ0v) is 15.0. The molecule has 0 saturated heterocycles. The van der Waals surface area contributed by atoms with Crippen LogP contribution in [-0.4, -0.2) is 25.4 Å². The molecule has 0 N–H and O–H groups in total. The lowest BCUT2D eigenvalue weighted by atomic mass is 9.82. The van der Waals surface area contributed by atoms with E-state index in [1.165, 1.54) is 11.1 Å². The van der Waals surface area contributed by atoms with Crippen LogP contribution in [0.3, 0.4) is 0 Å². The average Bonchev–Trinajstić information content (AvgIpc) is 3.10. The summed E-state index contributed by atoms with van der Waals surface area (Å²) in [6, 6.07) is 18.2. The fraction of sp³-hybridized carbons (Fsp3) is 0.182. The molecule has 4 aromatic rings. The Balaban J connectivity index is 1.56. The third kappa shape index (κ3) is 2.81. The molecular formula is C22H18N4O. The van der Waals surface area contributed by atoms with Crippen molar-refractivity contribution in [2.75, 3.05) is 0 Å². The number of carbonyl (C=O) groups is 1. The van der Waals surface area contributed by atoms with Crippen molar-refractivity contribution in [1.82, 2.24) is 19.6 Å². The van der Waals surface area contributed by atoms with Gasteiger partial charge in [0.15, 0.2) is 11.6 Å². The first-order valence-corrected chi connectivity index (χ1v) is 9.09. The minimum absolute atomic E-state index is 0.117. The van der Waals surface area contributed by atoms with Crippen LogP contribution in [0, 0.1) is 6.92 Å². The number of rotatable bonds is 2. The molecule has 5 heteroatoms. The lowest BCUT2D eigenvalue weighted by Crippen LogP contribution is -2.21. The van der Waals surface area contributed by atoms with E-state index in [0.29, 0.717) is 23.6 Å². The monoisotopic (exact) mass is 354 g/mol. The molecule has 5 rings (SSSR count). The van der Waals surface area contributed by atoms with Crippen molar-refractivity contribution >= 4 is 11.6 Å². The fourth-order valence-corrected chi connectivity index (χ4v) is 3.67. The topological polar surface area (TPSA) is 60.1 Å². The van der Waals surface area contributed by atoms with Gasteiger partial charge in [-0.15, -0.1) is 5.10 Å². The molecule has 1 aliphatic rings. The number of nitrogens with zero attached hydrogens (tertiary/aromatic N) is 4. The van der Waals surface area contributed by atoms with Crippen LogP contribution in [0.4, 0.5) is 0 Å². The van der Waals surface area contributed by atoms with E-state index >= 15 is 0 Å². The first kappa shape index (κ1) is 15.9. The number of Topliss-reactive ketones (excluding diaryl/α,β-unsaturated/α-hetero) is 1. The molecule has 0 saturated carbocycles. The lowest BCUT2D eigenvalue weighted by molar-refractivity contribution is 0.0962. The Bertz CT molecular complexity index is 1150. The molecular weight excluding hydrogens is 336 g/mol. The second-order valence-corrected chi connectivity index (χ2v) is 7.09. The van der Waals surface area contributed by atoms with Crippen LogP contribution in [-0.2, 0) is 6.42 Å². The first-order valence-electron chi connectivity index (χ1n) is 9.09.